The van der Waals surface area contributed by atoms with Crippen molar-refractivity contribution < 1.29 is 29.1 Å². The first-order valence-corrected chi connectivity index (χ1v) is 27.1. The minimum atomic E-state index is -0.819. The van der Waals surface area contributed by atoms with Gasteiger partial charge in [0.2, 0.25) is 11.8 Å². The van der Waals surface area contributed by atoms with Crippen LogP contribution in [-0.2, 0) is 9.59 Å². The number of aliphatic hydroxyl groups is 1. The van der Waals surface area contributed by atoms with Crippen LogP contribution in [0, 0.1) is 23.7 Å². The number of rotatable bonds is 14. The Morgan fingerprint density at radius 3 is 2.29 bits per heavy atom. The minimum absolute atomic E-state index is 0.0657. The fourth-order valence-corrected chi connectivity index (χ4v) is 12.4. The molecule has 6 aliphatic rings. The highest BCUT2D eigenvalue weighted by molar-refractivity contribution is 5.91. The normalized spacial score (nSPS) is 23.8. The number of benzene rings is 2. The summed E-state index contributed by atoms with van der Waals surface area (Å²) in [6.45, 7) is 19.0. The number of phenols is 1. The summed E-state index contributed by atoms with van der Waals surface area (Å²) < 4.78 is 11.8. The van der Waals surface area contributed by atoms with Gasteiger partial charge in [-0.25, -0.2) is 0 Å². The number of para-hydroxylation sites is 1. The summed E-state index contributed by atoms with van der Waals surface area (Å²) >= 11 is 0. The van der Waals surface area contributed by atoms with Crippen LogP contribution in [-0.4, -0.2) is 190 Å². The van der Waals surface area contributed by atoms with Crippen molar-refractivity contribution in [3.8, 4) is 34.7 Å². The van der Waals surface area contributed by atoms with E-state index >= 15 is 0 Å². The molecule has 5 atom stereocenters. The fourth-order valence-electron chi connectivity index (χ4n) is 12.4. The van der Waals surface area contributed by atoms with E-state index in [1.807, 2.05) is 62.4 Å². The minimum Gasteiger partial charge on any atom is -0.507 e. The summed E-state index contributed by atoms with van der Waals surface area (Å²) in [5.74, 6) is 7.21. The van der Waals surface area contributed by atoms with Gasteiger partial charge in [-0.05, 0) is 132 Å². The van der Waals surface area contributed by atoms with Crippen molar-refractivity contribution in [2.45, 2.75) is 108 Å². The number of nitrogens with zero attached hydrogens (tertiary/aromatic N) is 9. The first kappa shape index (κ1) is 50.7. The number of phenolic OH excluding ortho intramolecular Hbond substituents is 1. The Labute approximate surface area is 430 Å². The third-order valence-electron chi connectivity index (χ3n) is 16.4. The van der Waals surface area contributed by atoms with Crippen molar-refractivity contribution in [1.82, 2.24) is 45.2 Å². The molecule has 5 fully saturated rings. The number of carbonyl (C=O) groups excluding carboxylic acids is 2. The van der Waals surface area contributed by atoms with Crippen molar-refractivity contribution >= 4 is 23.3 Å². The molecule has 0 bridgehead atoms. The predicted octanol–water partition coefficient (Wildman–Crippen LogP) is 4.73. The molecule has 390 valence electrons. The van der Waals surface area contributed by atoms with Crippen LogP contribution in [0.4, 0.5) is 11.5 Å². The standard InChI is InChI=1S/C56H75N11O6/c1-38(2)53(56(71)67-37-45(68)31-49(67)55(70)58-39(3)13-14-40-9-5-4-6-10-40)51-33-52(61-73-51)72-30-29-62-21-17-42(18-22-62)65-25-19-43(20-26-65)64-23-15-41(16-24-64)35-63-27-28-66-44(36-63)34-57-54-48(66)32-47(59-60-54)46-11-7-8-12-50(46)69/h4-12,32-33,38-39,41-45,49,53,68-69H,15-31,34-37H2,1-3H3,(H,57,60)(H,58,70)/t39-,44-,45+,49-,53?/m0/s1. The quantitative estimate of drug-likeness (QED) is 0.127. The third-order valence-corrected chi connectivity index (χ3v) is 16.4. The maximum Gasteiger partial charge on any atom is 0.254 e. The van der Waals surface area contributed by atoms with Crippen LogP contribution in [0.15, 0.2) is 71.3 Å². The fraction of sp³-hybridized carbons (Fsp3) is 0.589. The first-order valence-electron chi connectivity index (χ1n) is 27.1. The monoisotopic (exact) mass is 998 g/mol. The van der Waals surface area contributed by atoms with Gasteiger partial charge in [-0.3, -0.25) is 19.4 Å². The van der Waals surface area contributed by atoms with E-state index in [0.717, 1.165) is 81.6 Å². The Morgan fingerprint density at radius 2 is 1.55 bits per heavy atom. The molecule has 4 N–H and O–H groups in total. The van der Waals surface area contributed by atoms with Crippen LogP contribution in [0.1, 0.15) is 83.0 Å². The molecular formula is C56H75N11O6. The lowest BCUT2D eigenvalue weighted by Crippen LogP contribution is -2.58. The summed E-state index contributed by atoms with van der Waals surface area (Å²) in [6.07, 6.45) is 6.76. The molecule has 10 rings (SSSR count). The Bertz CT molecular complexity index is 2540. The second kappa shape index (κ2) is 23.2. The van der Waals surface area contributed by atoms with Gasteiger partial charge in [0.25, 0.3) is 5.88 Å². The highest BCUT2D eigenvalue weighted by Gasteiger charge is 2.44. The van der Waals surface area contributed by atoms with Gasteiger partial charge in [-0.1, -0.05) is 56.0 Å². The number of carbonyl (C=O) groups is 2. The lowest BCUT2D eigenvalue weighted by atomic mass is 9.91. The second-order valence-electron chi connectivity index (χ2n) is 21.7. The van der Waals surface area contributed by atoms with Crippen LogP contribution in [0.5, 0.6) is 11.6 Å². The average molecular weight is 998 g/mol. The van der Waals surface area contributed by atoms with Crippen LogP contribution < -0.4 is 20.3 Å². The molecule has 2 amide bonds. The van der Waals surface area contributed by atoms with E-state index in [1.54, 1.807) is 19.1 Å². The number of anilines is 2. The maximum absolute atomic E-state index is 14.1. The number of aliphatic hydroxyl groups excluding tert-OH is 1. The SMILES string of the molecule is CC(C)C(C(=O)N1C[C@H](O)C[C@H]1C(=O)N[C@@H](C)C#Cc1ccccc1)c1cc(OCCN2CCC(N3CCC(N4CCC(CN5CCN6c7cc(-c8ccccc8O)nnc7NC[C@H]6C5)CC4)CC3)CC2)no1. The smallest absolute Gasteiger partial charge is 0.254 e. The van der Waals surface area contributed by atoms with Crippen molar-refractivity contribution in [1.29, 1.82) is 0 Å². The number of likely N-dealkylation sites (tertiary alicyclic amines) is 4. The average Bonchev–Trinajstić information content (AvgIpc) is 4.05. The van der Waals surface area contributed by atoms with Crippen LogP contribution in [0.3, 0.4) is 0 Å². The molecule has 2 aromatic carbocycles. The predicted molar refractivity (Wildman–Crippen MR) is 280 cm³/mol. The van der Waals surface area contributed by atoms with E-state index in [9.17, 15) is 19.8 Å². The molecule has 6 aliphatic heterocycles. The Morgan fingerprint density at radius 1 is 0.836 bits per heavy atom. The number of β-amino-alcohol motifs (C(OH)–C–C–N with tert-alkyl or cyclic N) is 1. The van der Waals surface area contributed by atoms with Crippen molar-refractivity contribution in [3.05, 3.63) is 78.1 Å². The summed E-state index contributed by atoms with van der Waals surface area (Å²) in [6, 6.07) is 21.1. The molecular weight excluding hydrogens is 923 g/mol. The summed E-state index contributed by atoms with van der Waals surface area (Å²) in [7, 11) is 0. The Balaban J connectivity index is 0.615. The van der Waals surface area contributed by atoms with Gasteiger partial charge in [0.15, 0.2) is 11.6 Å². The lowest BCUT2D eigenvalue weighted by Gasteiger charge is -2.47. The zero-order chi connectivity index (χ0) is 50.4. The molecule has 0 radical (unpaired) electrons. The number of ether oxygens (including phenoxy) is 1. The number of hydrogen-bond acceptors (Lipinski definition) is 15. The number of hydrogen-bond donors (Lipinski definition) is 4. The van der Waals surface area contributed by atoms with Gasteiger partial charge in [-0.2, -0.15) is 0 Å². The van der Waals surface area contributed by atoms with E-state index in [2.05, 4.69) is 68.4 Å². The zero-order valence-electron chi connectivity index (χ0n) is 42.9. The van der Waals surface area contributed by atoms with Gasteiger partial charge >= 0.3 is 0 Å². The molecule has 8 heterocycles. The summed E-state index contributed by atoms with van der Waals surface area (Å²) in [5, 5.41) is 40.6. The Kier molecular flexibility index (Phi) is 16.1. The number of aromatic nitrogens is 3. The maximum atomic E-state index is 14.1. The molecule has 1 unspecified atom stereocenters. The van der Waals surface area contributed by atoms with Crippen LogP contribution in [0.2, 0.25) is 0 Å². The number of fused-ring (bicyclic) bond motifs is 3. The highest BCUT2D eigenvalue weighted by atomic mass is 16.5. The van der Waals surface area contributed by atoms with Crippen LogP contribution >= 0.6 is 0 Å². The molecule has 0 aliphatic carbocycles. The second-order valence-corrected chi connectivity index (χ2v) is 21.7. The van der Waals surface area contributed by atoms with Crippen molar-refractivity contribution in [2.75, 3.05) is 102 Å². The number of aromatic hydroxyl groups is 1. The van der Waals surface area contributed by atoms with Gasteiger partial charge in [0.1, 0.15) is 24.3 Å². The van der Waals surface area contributed by atoms with Crippen LogP contribution in [0.25, 0.3) is 11.3 Å². The van der Waals surface area contributed by atoms with Gasteiger partial charge < -0.3 is 49.7 Å². The topological polar surface area (TPSA) is 179 Å². The molecule has 73 heavy (non-hydrogen) atoms. The third kappa shape index (κ3) is 12.1. The number of piperazine rings is 1. The first-order chi connectivity index (χ1) is 35.5. The zero-order valence-corrected chi connectivity index (χ0v) is 42.9. The van der Waals surface area contributed by atoms with E-state index in [1.165, 1.54) is 63.3 Å². The molecule has 17 heteroatoms. The van der Waals surface area contributed by atoms with Crippen molar-refractivity contribution in [2.24, 2.45) is 11.8 Å². The molecule has 5 saturated heterocycles. The Hall–Kier alpha value is -5.77. The van der Waals surface area contributed by atoms with E-state index in [4.69, 9.17) is 9.26 Å². The molecule has 0 spiro atoms. The number of piperidine rings is 3. The highest BCUT2D eigenvalue weighted by Crippen LogP contribution is 2.37. The molecule has 4 aromatic rings. The molecule has 0 saturated carbocycles. The number of amides is 2. The van der Waals surface area contributed by atoms with E-state index in [-0.39, 0.29) is 36.4 Å². The van der Waals surface area contributed by atoms with Gasteiger partial charge in [0, 0.05) is 81.5 Å². The van der Waals surface area contributed by atoms with Gasteiger partial charge in [0.05, 0.1) is 29.6 Å². The van der Waals surface area contributed by atoms with E-state index < -0.39 is 24.1 Å². The summed E-state index contributed by atoms with van der Waals surface area (Å²) in [4.78, 5) is 42.3. The lowest BCUT2D eigenvalue weighted by molar-refractivity contribution is -0.141. The number of nitrogens with one attached hydrogen (secondary N) is 2. The molecule has 17 nitrogen and oxygen atoms in total. The van der Waals surface area contributed by atoms with Gasteiger partial charge in [-0.15, -0.1) is 10.2 Å². The van der Waals surface area contributed by atoms with Crippen molar-refractivity contribution in [3.63, 3.8) is 0 Å². The van der Waals surface area contributed by atoms with E-state index in [0.29, 0.717) is 47.6 Å². The molecule has 2 aromatic heterocycles. The summed E-state index contributed by atoms with van der Waals surface area (Å²) in [5.41, 5.74) is 3.35. The largest absolute Gasteiger partial charge is 0.507 e.